The van der Waals surface area contributed by atoms with Gasteiger partial charge in [-0.3, -0.25) is 19.3 Å². The minimum absolute atomic E-state index is 0.0131. The minimum atomic E-state index is -0.301. The highest BCUT2D eigenvalue weighted by Crippen LogP contribution is 2.31. The van der Waals surface area contributed by atoms with Crippen molar-refractivity contribution in [2.24, 2.45) is 0 Å². The van der Waals surface area contributed by atoms with E-state index >= 15 is 0 Å². The van der Waals surface area contributed by atoms with E-state index < -0.39 is 0 Å². The van der Waals surface area contributed by atoms with Crippen LogP contribution in [0.2, 0.25) is 5.02 Å². The fraction of sp³-hybridized carbons (Fsp3) is 0.286. The Morgan fingerprint density at radius 3 is 2.73 bits per heavy atom. The molecular formula is C21H22BrClN4O3. The summed E-state index contributed by atoms with van der Waals surface area (Å²) < 4.78 is 0.813. The maximum absolute atomic E-state index is 13.1. The van der Waals surface area contributed by atoms with Crippen molar-refractivity contribution < 1.29 is 14.4 Å². The van der Waals surface area contributed by atoms with Crippen molar-refractivity contribution in [3.05, 3.63) is 52.0 Å². The molecule has 0 fully saturated rings. The van der Waals surface area contributed by atoms with Gasteiger partial charge in [-0.25, -0.2) is 0 Å². The third kappa shape index (κ3) is 5.38. The number of hydrogen-bond acceptors (Lipinski definition) is 4. The van der Waals surface area contributed by atoms with Crippen molar-refractivity contribution in [3.8, 4) is 0 Å². The summed E-state index contributed by atoms with van der Waals surface area (Å²) in [6, 6.07) is 12.1. The molecule has 3 amide bonds. The van der Waals surface area contributed by atoms with Crippen LogP contribution in [0.25, 0.3) is 0 Å². The molecule has 1 heterocycles. The van der Waals surface area contributed by atoms with Crippen molar-refractivity contribution in [1.82, 2.24) is 4.90 Å². The average molecular weight is 494 g/mol. The zero-order chi connectivity index (χ0) is 21.8. The van der Waals surface area contributed by atoms with Crippen LogP contribution in [0.5, 0.6) is 0 Å². The van der Waals surface area contributed by atoms with Crippen LogP contribution in [0.1, 0.15) is 13.3 Å². The van der Waals surface area contributed by atoms with Gasteiger partial charge in [-0.2, -0.15) is 0 Å². The zero-order valence-electron chi connectivity index (χ0n) is 16.6. The zero-order valence-corrected chi connectivity index (χ0v) is 19.0. The van der Waals surface area contributed by atoms with Crippen LogP contribution in [0.4, 0.5) is 17.1 Å². The van der Waals surface area contributed by atoms with E-state index in [2.05, 4.69) is 26.6 Å². The number of para-hydroxylation sites is 2. The first-order valence-electron chi connectivity index (χ1n) is 9.39. The highest BCUT2D eigenvalue weighted by atomic mass is 79.9. The number of nitrogens with one attached hydrogen (secondary N) is 2. The Morgan fingerprint density at radius 1 is 1.27 bits per heavy atom. The minimum Gasteiger partial charge on any atom is -0.324 e. The number of benzene rings is 2. The van der Waals surface area contributed by atoms with Gasteiger partial charge in [0.2, 0.25) is 17.7 Å². The summed E-state index contributed by atoms with van der Waals surface area (Å²) in [5, 5.41) is 6.00. The van der Waals surface area contributed by atoms with Gasteiger partial charge in [-0.05, 0) is 44.3 Å². The van der Waals surface area contributed by atoms with Crippen LogP contribution in [0.15, 0.2) is 46.9 Å². The fourth-order valence-electron chi connectivity index (χ4n) is 3.36. The van der Waals surface area contributed by atoms with E-state index in [-0.39, 0.29) is 43.3 Å². The lowest BCUT2D eigenvalue weighted by Gasteiger charge is -2.29. The first-order valence-corrected chi connectivity index (χ1v) is 10.6. The largest absolute Gasteiger partial charge is 0.324 e. The first kappa shape index (κ1) is 22.3. The maximum Gasteiger partial charge on any atom is 0.241 e. The Morgan fingerprint density at radius 2 is 2.00 bits per heavy atom. The number of carbonyl (C=O) groups excluding carboxylic acids is 3. The van der Waals surface area contributed by atoms with E-state index in [1.807, 2.05) is 19.1 Å². The summed E-state index contributed by atoms with van der Waals surface area (Å²) in [5.41, 5.74) is 1.76. The van der Waals surface area contributed by atoms with E-state index in [9.17, 15) is 14.4 Å². The van der Waals surface area contributed by atoms with Crippen molar-refractivity contribution in [3.63, 3.8) is 0 Å². The van der Waals surface area contributed by atoms with E-state index in [0.717, 1.165) is 4.47 Å². The molecule has 0 radical (unpaired) electrons. The molecule has 2 aromatic rings. The van der Waals surface area contributed by atoms with Crippen molar-refractivity contribution in [2.75, 3.05) is 35.7 Å². The molecule has 1 atom stereocenters. The second-order valence-electron chi connectivity index (χ2n) is 7.23. The molecule has 0 saturated carbocycles. The van der Waals surface area contributed by atoms with E-state index in [1.165, 1.54) is 0 Å². The molecule has 1 aliphatic rings. The average Bonchev–Trinajstić information content (AvgIpc) is 2.77. The van der Waals surface area contributed by atoms with E-state index in [1.54, 1.807) is 47.2 Å². The Balaban J connectivity index is 1.66. The number of halogens is 2. The molecule has 1 unspecified atom stereocenters. The van der Waals surface area contributed by atoms with E-state index in [4.69, 9.17) is 11.6 Å². The first-order chi connectivity index (χ1) is 14.2. The van der Waals surface area contributed by atoms with E-state index in [0.29, 0.717) is 22.1 Å². The number of carbonyl (C=O) groups is 3. The van der Waals surface area contributed by atoms with Gasteiger partial charge in [-0.15, -0.1) is 0 Å². The molecular weight excluding hydrogens is 472 g/mol. The summed E-state index contributed by atoms with van der Waals surface area (Å²) in [7, 11) is 1.69. The third-order valence-corrected chi connectivity index (χ3v) is 5.46. The Labute approximate surface area is 188 Å². The van der Waals surface area contributed by atoms with Crippen LogP contribution in [-0.4, -0.2) is 48.8 Å². The van der Waals surface area contributed by atoms with Gasteiger partial charge in [-0.1, -0.05) is 39.7 Å². The van der Waals surface area contributed by atoms with Crippen LogP contribution in [-0.2, 0) is 14.4 Å². The molecule has 3 rings (SSSR count). The van der Waals surface area contributed by atoms with Gasteiger partial charge in [0, 0.05) is 16.9 Å². The number of nitrogens with zero attached hydrogens (tertiary/aromatic N) is 2. The predicted molar refractivity (Wildman–Crippen MR) is 122 cm³/mol. The van der Waals surface area contributed by atoms with Gasteiger partial charge in [0.05, 0.1) is 35.2 Å². The van der Waals surface area contributed by atoms with Crippen LogP contribution in [0, 0.1) is 0 Å². The highest BCUT2D eigenvalue weighted by Gasteiger charge is 2.30. The smallest absolute Gasteiger partial charge is 0.241 e. The molecule has 9 heteroatoms. The van der Waals surface area contributed by atoms with Gasteiger partial charge >= 0.3 is 0 Å². The fourth-order valence-corrected chi connectivity index (χ4v) is 4.08. The number of fused-ring (bicyclic) bond motifs is 1. The van der Waals surface area contributed by atoms with Crippen LogP contribution >= 0.6 is 27.5 Å². The van der Waals surface area contributed by atoms with Crippen LogP contribution in [0.3, 0.4) is 0 Å². The summed E-state index contributed by atoms with van der Waals surface area (Å²) in [6.45, 7) is 1.87. The maximum atomic E-state index is 13.1. The number of rotatable bonds is 5. The topological polar surface area (TPSA) is 81.8 Å². The summed E-state index contributed by atoms with van der Waals surface area (Å²) >= 11 is 9.45. The standard InChI is InChI=1S/C21H22BrClN4O3/c1-13-9-19(28)25-17-5-3-4-6-18(17)27(13)21(30)12-26(2)11-20(29)24-16-8-7-14(22)10-15(16)23/h3-8,10,13H,9,11-12H2,1-2H3,(H,24,29)(H,25,28). The number of hydrogen-bond donors (Lipinski definition) is 2. The summed E-state index contributed by atoms with van der Waals surface area (Å²) in [4.78, 5) is 40.8. The molecule has 0 bridgehead atoms. The summed E-state index contributed by atoms with van der Waals surface area (Å²) in [6.07, 6.45) is 0.201. The van der Waals surface area contributed by atoms with Crippen molar-refractivity contribution in [2.45, 2.75) is 19.4 Å². The lowest BCUT2D eigenvalue weighted by Crippen LogP contribution is -2.45. The number of amides is 3. The molecule has 0 saturated heterocycles. The van der Waals surface area contributed by atoms with Crippen LogP contribution < -0.4 is 15.5 Å². The second-order valence-corrected chi connectivity index (χ2v) is 8.55. The molecule has 1 aliphatic heterocycles. The molecule has 2 aromatic carbocycles. The second kappa shape index (κ2) is 9.59. The molecule has 158 valence electrons. The molecule has 30 heavy (non-hydrogen) atoms. The Hall–Kier alpha value is -2.42. The molecule has 0 spiro atoms. The lowest BCUT2D eigenvalue weighted by atomic mass is 10.1. The molecule has 0 aromatic heterocycles. The quantitative estimate of drug-likeness (QED) is 0.665. The number of likely N-dealkylation sites (N-methyl/N-ethyl adjacent to an activating group) is 1. The Kier molecular flexibility index (Phi) is 7.12. The third-order valence-electron chi connectivity index (χ3n) is 4.65. The number of anilines is 3. The summed E-state index contributed by atoms with van der Waals surface area (Å²) in [5.74, 6) is -0.608. The van der Waals surface area contributed by atoms with Gasteiger partial charge in [0.15, 0.2) is 0 Å². The normalized spacial score (nSPS) is 16.0. The monoisotopic (exact) mass is 492 g/mol. The van der Waals surface area contributed by atoms with Gasteiger partial charge in [0.25, 0.3) is 0 Å². The molecule has 2 N–H and O–H groups in total. The Bertz CT molecular complexity index is 984. The van der Waals surface area contributed by atoms with Crippen molar-refractivity contribution in [1.29, 1.82) is 0 Å². The molecule has 7 nitrogen and oxygen atoms in total. The van der Waals surface area contributed by atoms with Crippen molar-refractivity contribution >= 4 is 62.3 Å². The SMILES string of the molecule is CC1CC(=O)Nc2ccccc2N1C(=O)CN(C)CC(=O)Nc1ccc(Br)cc1Cl. The highest BCUT2D eigenvalue weighted by molar-refractivity contribution is 9.10. The lowest BCUT2D eigenvalue weighted by molar-refractivity contribution is -0.121. The van der Waals surface area contributed by atoms with Gasteiger partial charge in [0.1, 0.15) is 0 Å². The predicted octanol–water partition coefficient (Wildman–Crippen LogP) is 3.74. The van der Waals surface area contributed by atoms with Gasteiger partial charge < -0.3 is 15.5 Å². The molecule has 0 aliphatic carbocycles.